The van der Waals surface area contributed by atoms with Gasteiger partial charge >= 0.3 is 0 Å². The summed E-state index contributed by atoms with van der Waals surface area (Å²) in [5.41, 5.74) is 0.843. The number of nitrogens with one attached hydrogen (secondary N) is 1. The van der Waals surface area contributed by atoms with E-state index in [1.165, 1.54) is 48.5 Å². The fourth-order valence-electron chi connectivity index (χ4n) is 3.26. The predicted molar refractivity (Wildman–Crippen MR) is 117 cm³/mol. The van der Waals surface area contributed by atoms with Gasteiger partial charge in [-0.15, -0.1) is 0 Å². The standard InChI is InChI=1S/C23H24FN3O5/c1-2-3-14-32-15-4-13-26-22(28)20(16-5-11-19(12-6-16)27(30)31)21(23(26)29)25-18-9-7-17(24)8-10-18/h5-12,25H,2-4,13-15H2,1H3. The Morgan fingerprint density at radius 1 is 1.00 bits per heavy atom. The van der Waals surface area contributed by atoms with E-state index in [-0.39, 0.29) is 23.5 Å². The topological polar surface area (TPSA) is 102 Å². The maximum absolute atomic E-state index is 13.3. The molecule has 0 saturated carbocycles. The summed E-state index contributed by atoms with van der Waals surface area (Å²) in [6, 6.07) is 10.8. The molecule has 0 spiro atoms. The molecule has 1 heterocycles. The van der Waals surface area contributed by atoms with E-state index in [1.807, 2.05) is 0 Å². The number of imide groups is 1. The predicted octanol–water partition coefficient (Wildman–Crippen LogP) is 4.13. The quantitative estimate of drug-likeness (QED) is 0.243. The normalized spacial score (nSPS) is 13.8. The van der Waals surface area contributed by atoms with Gasteiger partial charge in [-0.1, -0.05) is 13.3 Å². The van der Waals surface area contributed by atoms with E-state index in [0.29, 0.717) is 30.9 Å². The fraction of sp³-hybridized carbons (Fsp3) is 0.304. The fourth-order valence-corrected chi connectivity index (χ4v) is 3.26. The molecule has 3 rings (SSSR count). The van der Waals surface area contributed by atoms with Gasteiger partial charge in [-0.2, -0.15) is 0 Å². The van der Waals surface area contributed by atoms with Gasteiger partial charge in [0.2, 0.25) is 0 Å². The highest BCUT2D eigenvalue weighted by molar-refractivity contribution is 6.36. The Kier molecular flexibility index (Phi) is 7.67. The largest absolute Gasteiger partial charge is 0.381 e. The van der Waals surface area contributed by atoms with E-state index in [0.717, 1.165) is 17.7 Å². The number of halogens is 1. The summed E-state index contributed by atoms with van der Waals surface area (Å²) < 4.78 is 18.8. The summed E-state index contributed by atoms with van der Waals surface area (Å²) in [5, 5.41) is 13.9. The number of ether oxygens (including phenoxy) is 1. The van der Waals surface area contributed by atoms with Crippen LogP contribution >= 0.6 is 0 Å². The number of carbonyl (C=O) groups is 2. The summed E-state index contributed by atoms with van der Waals surface area (Å²) in [5.74, 6) is -1.44. The molecule has 0 fully saturated rings. The van der Waals surface area contributed by atoms with Gasteiger partial charge in [0.15, 0.2) is 0 Å². The molecule has 0 bridgehead atoms. The third-order valence-electron chi connectivity index (χ3n) is 4.96. The Bertz CT molecular complexity index is 1020. The van der Waals surface area contributed by atoms with E-state index >= 15 is 0 Å². The highest BCUT2D eigenvalue weighted by Crippen LogP contribution is 2.31. The molecule has 0 aromatic heterocycles. The molecule has 0 saturated heterocycles. The second-order valence-electron chi connectivity index (χ2n) is 7.27. The van der Waals surface area contributed by atoms with Crippen LogP contribution < -0.4 is 5.32 Å². The average Bonchev–Trinajstić information content (AvgIpc) is 3.01. The number of unbranched alkanes of at least 4 members (excludes halogenated alkanes) is 1. The maximum atomic E-state index is 13.3. The SMILES string of the molecule is CCCCOCCCN1C(=O)C(Nc2ccc(F)cc2)=C(c2ccc([N+](=O)[O-])cc2)C1=O. The van der Waals surface area contributed by atoms with Crippen molar-refractivity contribution in [2.75, 3.05) is 25.1 Å². The molecule has 8 nitrogen and oxygen atoms in total. The number of nitrogens with zero attached hydrogens (tertiary/aromatic N) is 2. The number of hydrogen-bond acceptors (Lipinski definition) is 6. The second-order valence-corrected chi connectivity index (χ2v) is 7.27. The van der Waals surface area contributed by atoms with Gasteiger partial charge in [0, 0.05) is 37.6 Å². The summed E-state index contributed by atoms with van der Waals surface area (Å²) in [6.07, 6.45) is 2.45. The number of hydrogen-bond donors (Lipinski definition) is 1. The van der Waals surface area contributed by atoms with Crippen LogP contribution in [-0.2, 0) is 14.3 Å². The number of benzene rings is 2. The van der Waals surface area contributed by atoms with Crippen LogP contribution in [0.4, 0.5) is 15.8 Å². The molecule has 2 amide bonds. The Hall–Kier alpha value is -3.59. The van der Waals surface area contributed by atoms with Crippen LogP contribution in [0.2, 0.25) is 0 Å². The van der Waals surface area contributed by atoms with E-state index in [1.54, 1.807) is 0 Å². The molecule has 0 unspecified atom stereocenters. The van der Waals surface area contributed by atoms with E-state index < -0.39 is 22.6 Å². The van der Waals surface area contributed by atoms with Gasteiger partial charge in [0.25, 0.3) is 17.5 Å². The van der Waals surface area contributed by atoms with Crippen LogP contribution in [0.3, 0.4) is 0 Å². The highest BCUT2D eigenvalue weighted by atomic mass is 19.1. The van der Waals surface area contributed by atoms with Crippen molar-refractivity contribution in [1.82, 2.24) is 4.90 Å². The van der Waals surface area contributed by atoms with Crippen LogP contribution in [0.1, 0.15) is 31.7 Å². The van der Waals surface area contributed by atoms with Crippen molar-refractivity contribution in [3.63, 3.8) is 0 Å². The van der Waals surface area contributed by atoms with Crippen molar-refractivity contribution < 1.29 is 23.6 Å². The molecule has 32 heavy (non-hydrogen) atoms. The number of amides is 2. The molecular weight excluding hydrogens is 417 g/mol. The molecular formula is C23H24FN3O5. The van der Waals surface area contributed by atoms with Crippen molar-refractivity contribution in [2.45, 2.75) is 26.2 Å². The smallest absolute Gasteiger partial charge is 0.278 e. The molecule has 2 aromatic rings. The molecule has 1 aliphatic rings. The van der Waals surface area contributed by atoms with Crippen molar-refractivity contribution in [3.05, 3.63) is 75.7 Å². The molecule has 2 aromatic carbocycles. The molecule has 0 radical (unpaired) electrons. The van der Waals surface area contributed by atoms with Crippen LogP contribution in [-0.4, -0.2) is 41.4 Å². The lowest BCUT2D eigenvalue weighted by atomic mass is 10.0. The summed E-state index contributed by atoms with van der Waals surface area (Å²) in [7, 11) is 0. The average molecular weight is 441 g/mol. The summed E-state index contributed by atoms with van der Waals surface area (Å²) in [6.45, 7) is 3.29. The van der Waals surface area contributed by atoms with Crippen molar-refractivity contribution >= 4 is 28.8 Å². The van der Waals surface area contributed by atoms with Crippen LogP contribution in [0.25, 0.3) is 5.57 Å². The van der Waals surface area contributed by atoms with Crippen LogP contribution in [0.5, 0.6) is 0 Å². The molecule has 0 atom stereocenters. The Morgan fingerprint density at radius 3 is 2.28 bits per heavy atom. The van der Waals surface area contributed by atoms with E-state index in [4.69, 9.17) is 4.74 Å². The minimum absolute atomic E-state index is 0.0439. The third-order valence-corrected chi connectivity index (χ3v) is 4.96. The molecule has 168 valence electrons. The van der Waals surface area contributed by atoms with Crippen molar-refractivity contribution in [1.29, 1.82) is 0 Å². The minimum atomic E-state index is -0.539. The van der Waals surface area contributed by atoms with Gasteiger partial charge in [-0.25, -0.2) is 4.39 Å². The Labute approximate surface area is 184 Å². The minimum Gasteiger partial charge on any atom is -0.381 e. The first-order valence-electron chi connectivity index (χ1n) is 10.4. The monoisotopic (exact) mass is 441 g/mol. The van der Waals surface area contributed by atoms with Gasteiger partial charge < -0.3 is 10.1 Å². The number of non-ortho nitro benzene ring substituents is 1. The van der Waals surface area contributed by atoms with Gasteiger partial charge in [0.1, 0.15) is 11.5 Å². The van der Waals surface area contributed by atoms with E-state index in [9.17, 15) is 24.1 Å². The number of nitro benzene ring substituents is 1. The second kappa shape index (κ2) is 10.6. The highest BCUT2D eigenvalue weighted by Gasteiger charge is 2.39. The molecule has 9 heteroatoms. The third kappa shape index (κ3) is 5.36. The number of nitro groups is 1. The first-order valence-corrected chi connectivity index (χ1v) is 10.4. The zero-order chi connectivity index (χ0) is 23.1. The molecule has 1 aliphatic heterocycles. The Balaban J connectivity index is 1.84. The number of anilines is 1. The molecule has 0 aliphatic carbocycles. The lowest BCUT2D eigenvalue weighted by Crippen LogP contribution is -2.34. The van der Waals surface area contributed by atoms with Gasteiger partial charge in [-0.3, -0.25) is 24.6 Å². The van der Waals surface area contributed by atoms with Crippen LogP contribution in [0.15, 0.2) is 54.2 Å². The van der Waals surface area contributed by atoms with Crippen molar-refractivity contribution in [2.24, 2.45) is 0 Å². The molecule has 1 N–H and O–H groups in total. The zero-order valence-corrected chi connectivity index (χ0v) is 17.7. The first kappa shape index (κ1) is 23.1. The maximum Gasteiger partial charge on any atom is 0.278 e. The summed E-state index contributed by atoms with van der Waals surface area (Å²) in [4.78, 5) is 37.8. The van der Waals surface area contributed by atoms with Gasteiger partial charge in [-0.05, 0) is 54.8 Å². The number of rotatable bonds is 11. The van der Waals surface area contributed by atoms with E-state index in [2.05, 4.69) is 12.2 Å². The number of carbonyl (C=O) groups excluding carboxylic acids is 2. The zero-order valence-electron chi connectivity index (χ0n) is 17.7. The van der Waals surface area contributed by atoms with Gasteiger partial charge in [0.05, 0.1) is 10.5 Å². The Morgan fingerprint density at radius 2 is 1.66 bits per heavy atom. The summed E-state index contributed by atoms with van der Waals surface area (Å²) >= 11 is 0. The lowest BCUT2D eigenvalue weighted by Gasteiger charge is -2.15. The van der Waals surface area contributed by atoms with Crippen LogP contribution in [0, 0.1) is 15.9 Å². The first-order chi connectivity index (χ1) is 15.4. The van der Waals surface area contributed by atoms with Crippen molar-refractivity contribution in [3.8, 4) is 0 Å². The lowest BCUT2D eigenvalue weighted by molar-refractivity contribution is -0.384.